The SMILES string of the molecule is CCOC(=O)c1[nH]c(C2=N/C(=C3/C(=O)C(c4ccc(-c5[nH]c(C(=O)OCC)c6c5-c5cc(C(C)(C)C)cc7cc(C(C)(C)C)cc-6c57)[nH]4)C3O)C=C2)c2c1-c1cc(C(C)(C)C)cc3cc(C(C)(C)C)cc-2c13. The molecule has 3 aromatic heterocycles. The number of aliphatic imine (C=N–C) groups is 1. The molecule has 0 saturated heterocycles. The van der Waals surface area contributed by atoms with Gasteiger partial charge in [0.25, 0.3) is 0 Å². The minimum Gasteiger partial charge on any atom is -0.461 e. The van der Waals surface area contributed by atoms with Gasteiger partial charge in [0.05, 0.1) is 53.2 Å². The summed E-state index contributed by atoms with van der Waals surface area (Å²) >= 11 is 0. The maximum Gasteiger partial charge on any atom is 0.355 e. The van der Waals surface area contributed by atoms with Gasteiger partial charge in [-0.1, -0.05) is 107 Å². The molecule has 7 aromatic rings. The third-order valence-electron chi connectivity index (χ3n) is 15.2. The highest BCUT2D eigenvalue weighted by Gasteiger charge is 2.48. The van der Waals surface area contributed by atoms with E-state index in [9.17, 15) is 19.5 Å². The van der Waals surface area contributed by atoms with E-state index in [0.29, 0.717) is 45.6 Å². The molecule has 3 aliphatic carbocycles. The van der Waals surface area contributed by atoms with Gasteiger partial charge in [-0.25, -0.2) is 14.6 Å². The van der Waals surface area contributed by atoms with E-state index >= 15 is 0 Å². The zero-order valence-electron chi connectivity index (χ0n) is 43.9. The zero-order chi connectivity index (χ0) is 51.5. The lowest BCUT2D eigenvalue weighted by molar-refractivity contribution is -0.126. The first-order valence-corrected chi connectivity index (χ1v) is 25.4. The first-order chi connectivity index (χ1) is 33.8. The zero-order valence-corrected chi connectivity index (χ0v) is 43.9. The van der Waals surface area contributed by atoms with Crippen molar-refractivity contribution < 1.29 is 29.0 Å². The maximum absolute atomic E-state index is 14.4. The second-order valence-corrected chi connectivity index (χ2v) is 24.2. The van der Waals surface area contributed by atoms with Gasteiger partial charge < -0.3 is 29.5 Å². The number of hydrogen-bond donors (Lipinski definition) is 4. The van der Waals surface area contributed by atoms with Crippen LogP contribution in [0.15, 0.2) is 89.1 Å². The van der Waals surface area contributed by atoms with Crippen LogP contribution in [0.3, 0.4) is 0 Å². The van der Waals surface area contributed by atoms with Crippen LogP contribution in [0.1, 0.15) is 157 Å². The fourth-order valence-electron chi connectivity index (χ4n) is 11.2. The maximum atomic E-state index is 14.4. The highest BCUT2D eigenvalue weighted by atomic mass is 16.5. The molecular weight excluding hydrogens is 897 g/mol. The van der Waals surface area contributed by atoms with E-state index in [1.807, 2.05) is 18.2 Å². The van der Waals surface area contributed by atoms with Gasteiger partial charge in [-0.05, 0) is 150 Å². The number of aliphatic hydroxyl groups is 1. The van der Waals surface area contributed by atoms with Gasteiger partial charge >= 0.3 is 11.9 Å². The first-order valence-electron chi connectivity index (χ1n) is 25.4. The normalized spacial score (nSPS) is 18.0. The van der Waals surface area contributed by atoms with Crippen molar-refractivity contribution in [3.8, 4) is 55.9 Å². The summed E-state index contributed by atoms with van der Waals surface area (Å²) in [6, 6.07) is 21.8. The number of carbonyl (C=O) groups excluding carboxylic acids is 3. The number of fused-ring (bicyclic) bond motifs is 6. The number of esters is 2. The van der Waals surface area contributed by atoms with Crippen LogP contribution >= 0.6 is 0 Å². The van der Waals surface area contributed by atoms with Crippen LogP contribution in [-0.2, 0) is 35.9 Å². The van der Waals surface area contributed by atoms with E-state index in [-0.39, 0.29) is 46.2 Å². The molecule has 4 heterocycles. The number of ketones is 1. The van der Waals surface area contributed by atoms with Gasteiger partial charge in [-0.2, -0.15) is 0 Å². The van der Waals surface area contributed by atoms with Gasteiger partial charge in [0.15, 0.2) is 5.78 Å². The molecule has 2 unspecified atom stereocenters. The molecule has 368 valence electrons. The highest BCUT2D eigenvalue weighted by Crippen LogP contribution is 2.57. The molecule has 11 rings (SSSR count). The highest BCUT2D eigenvalue weighted by molar-refractivity contribution is 6.27. The largest absolute Gasteiger partial charge is 0.461 e. The van der Waals surface area contributed by atoms with Gasteiger partial charge in [0.1, 0.15) is 17.5 Å². The molecule has 72 heavy (non-hydrogen) atoms. The van der Waals surface area contributed by atoms with Gasteiger partial charge in [-0.3, -0.25) is 4.79 Å². The van der Waals surface area contributed by atoms with Crippen molar-refractivity contribution in [2.45, 2.75) is 131 Å². The Morgan fingerprint density at radius 2 is 0.986 bits per heavy atom. The summed E-state index contributed by atoms with van der Waals surface area (Å²) in [5.74, 6) is -2.00. The number of benzene rings is 4. The first kappa shape index (κ1) is 47.3. The summed E-state index contributed by atoms with van der Waals surface area (Å²) in [6.45, 7) is 30.5. The van der Waals surface area contributed by atoms with E-state index in [2.05, 4.69) is 147 Å². The number of carbonyl (C=O) groups is 3. The number of allylic oxidation sites excluding steroid dienone is 2. The van der Waals surface area contributed by atoms with Crippen molar-refractivity contribution in [3.63, 3.8) is 0 Å². The number of ether oxygens (including phenoxy) is 2. The van der Waals surface area contributed by atoms with E-state index in [1.54, 1.807) is 19.9 Å². The van der Waals surface area contributed by atoms with Crippen LogP contribution in [0.25, 0.3) is 77.4 Å². The minimum atomic E-state index is -1.15. The van der Waals surface area contributed by atoms with Crippen LogP contribution in [0.2, 0.25) is 0 Å². The molecule has 4 aliphatic rings. The van der Waals surface area contributed by atoms with Crippen molar-refractivity contribution >= 4 is 45.0 Å². The monoisotopic (exact) mass is 960 g/mol. The third kappa shape index (κ3) is 7.07. The lowest BCUT2D eigenvalue weighted by Crippen LogP contribution is -2.43. The van der Waals surface area contributed by atoms with Crippen LogP contribution in [0.5, 0.6) is 0 Å². The number of nitrogens with zero attached hydrogens (tertiary/aromatic N) is 1. The minimum absolute atomic E-state index is 0.154. The van der Waals surface area contributed by atoms with Gasteiger partial charge in [0, 0.05) is 27.9 Å². The molecule has 10 heteroatoms. The summed E-state index contributed by atoms with van der Waals surface area (Å²) in [4.78, 5) is 57.6. The third-order valence-corrected chi connectivity index (χ3v) is 15.2. The van der Waals surface area contributed by atoms with Crippen molar-refractivity contribution in [2.75, 3.05) is 13.2 Å². The number of Topliss-reactive ketones (excluding diaryl/α,β-unsaturated/α-hetero) is 1. The predicted octanol–water partition coefficient (Wildman–Crippen LogP) is 13.8. The lowest BCUT2D eigenvalue weighted by atomic mass is 9.72. The van der Waals surface area contributed by atoms with E-state index < -0.39 is 24.0 Å². The van der Waals surface area contributed by atoms with Crippen molar-refractivity contribution in [3.05, 3.63) is 129 Å². The number of H-pyrrole nitrogens is 3. The summed E-state index contributed by atoms with van der Waals surface area (Å²) in [5.41, 5.74) is 15.8. The quantitative estimate of drug-likeness (QED) is 0.0923. The Bertz CT molecular complexity index is 3650. The van der Waals surface area contributed by atoms with Gasteiger partial charge in [0.2, 0.25) is 0 Å². The molecular formula is C62H64N4O6. The van der Waals surface area contributed by atoms with Crippen LogP contribution in [0.4, 0.5) is 0 Å². The number of aliphatic hydroxyl groups excluding tert-OH is 1. The molecule has 0 radical (unpaired) electrons. The van der Waals surface area contributed by atoms with Crippen LogP contribution < -0.4 is 0 Å². The smallest absolute Gasteiger partial charge is 0.355 e. The Kier molecular flexibility index (Phi) is 10.3. The van der Waals surface area contributed by atoms with Crippen LogP contribution in [0, 0.1) is 0 Å². The Morgan fingerprint density at radius 3 is 1.40 bits per heavy atom. The Hall–Kier alpha value is -7.04. The fraction of sp³-hybridized carbons (Fsp3) is 0.355. The average molecular weight is 961 g/mol. The molecule has 1 fully saturated rings. The topological polar surface area (TPSA) is 150 Å². The van der Waals surface area contributed by atoms with Crippen molar-refractivity contribution in [1.29, 1.82) is 0 Å². The van der Waals surface area contributed by atoms with E-state index in [1.165, 1.54) is 11.1 Å². The number of aromatic nitrogens is 3. The van der Waals surface area contributed by atoms with E-state index in [4.69, 9.17) is 14.5 Å². The number of rotatable bonds is 7. The summed E-state index contributed by atoms with van der Waals surface area (Å²) in [5, 5.41) is 16.4. The molecule has 2 atom stereocenters. The summed E-state index contributed by atoms with van der Waals surface area (Å²) in [7, 11) is 0. The second-order valence-electron chi connectivity index (χ2n) is 24.2. The molecule has 0 bridgehead atoms. The van der Waals surface area contributed by atoms with Crippen LogP contribution in [-0.4, -0.2) is 62.8 Å². The molecule has 1 saturated carbocycles. The standard InChI is InChI=1S/C62H64N4O6/c1-15-71-57(69)53-47-37-27-33(61(9,10)11)23-29-21-31(59(3,4)5)25-35(43(29)37)45(47)51(65-53)41-19-17-39(63-41)49-55(67)50(56(49)68)40-18-20-42(64-40)52-46-36-26-32(60(6,7)8)22-30-24-34(62(12,13)14)28-38(44(30)36)48(46)54(66-52)58(70)72-16-2/h17-28,49,55,63,65-67H,15-16H2,1-14H3/b50-40+. The van der Waals surface area contributed by atoms with Gasteiger partial charge in [-0.15, -0.1) is 0 Å². The van der Waals surface area contributed by atoms with Crippen molar-refractivity contribution in [2.24, 2.45) is 4.99 Å². The molecule has 10 nitrogen and oxygen atoms in total. The Labute approximate surface area is 421 Å². The molecule has 0 spiro atoms. The Balaban J connectivity index is 0.987. The average Bonchev–Trinajstić information content (AvgIpc) is 4.16. The van der Waals surface area contributed by atoms with Crippen molar-refractivity contribution in [1.82, 2.24) is 15.0 Å². The molecule has 4 N–H and O–H groups in total. The number of aromatic amines is 3. The number of nitrogens with one attached hydrogen (secondary N) is 3. The summed E-state index contributed by atoms with van der Waals surface area (Å²) in [6.07, 6.45) is 2.47. The predicted molar refractivity (Wildman–Crippen MR) is 288 cm³/mol. The molecule has 0 amide bonds. The number of hydrogen-bond acceptors (Lipinski definition) is 7. The fourth-order valence-corrected chi connectivity index (χ4v) is 11.2. The second kappa shape index (κ2) is 15.7. The Morgan fingerprint density at radius 1 is 0.569 bits per heavy atom. The lowest BCUT2D eigenvalue weighted by Gasteiger charge is -2.33. The van der Waals surface area contributed by atoms with E-state index in [0.717, 1.165) is 77.2 Å². The molecule has 4 aromatic carbocycles. The molecule has 1 aliphatic heterocycles. The summed E-state index contributed by atoms with van der Waals surface area (Å²) < 4.78 is 11.3.